The Morgan fingerprint density at radius 1 is 1.56 bits per heavy atom. The van der Waals surface area contributed by atoms with E-state index in [1.54, 1.807) is 11.4 Å². The second kappa shape index (κ2) is 4.21. The Morgan fingerprint density at radius 2 is 2.39 bits per heavy atom. The number of nitro groups is 1. The van der Waals surface area contributed by atoms with Gasteiger partial charge in [0.05, 0.1) is 17.2 Å². The highest BCUT2D eigenvalue weighted by atomic mass is 32.1. The molecule has 18 heavy (non-hydrogen) atoms. The molecule has 0 atom stereocenters. The van der Waals surface area contributed by atoms with Crippen LogP contribution in [0.25, 0.3) is 0 Å². The molecule has 2 aromatic rings. The number of rotatable bonds is 2. The number of fused-ring (bicyclic) bond motifs is 1. The highest BCUT2D eigenvalue weighted by molar-refractivity contribution is 7.16. The maximum absolute atomic E-state index is 10.9. The molecule has 94 valence electrons. The summed E-state index contributed by atoms with van der Waals surface area (Å²) in [5, 5.41) is 14.0. The summed E-state index contributed by atoms with van der Waals surface area (Å²) in [4.78, 5) is 18.0. The Hall–Kier alpha value is -1.67. The van der Waals surface area contributed by atoms with Gasteiger partial charge in [0.1, 0.15) is 0 Å². The number of anilines is 2. The first-order valence-electron chi connectivity index (χ1n) is 5.36. The predicted octanol–water partition coefficient (Wildman–Crippen LogP) is 2.26. The van der Waals surface area contributed by atoms with Gasteiger partial charge in [0.25, 0.3) is 0 Å². The minimum atomic E-state index is -0.331. The molecule has 0 bridgehead atoms. The van der Waals surface area contributed by atoms with Crippen LogP contribution < -0.4 is 10.6 Å². The molecule has 6 nitrogen and oxygen atoms in total. The third-order valence-corrected chi connectivity index (χ3v) is 4.73. The Morgan fingerprint density at radius 3 is 3.17 bits per heavy atom. The first-order valence-corrected chi connectivity index (χ1v) is 7.05. The molecule has 0 saturated heterocycles. The van der Waals surface area contributed by atoms with Gasteiger partial charge in [-0.1, -0.05) is 0 Å². The van der Waals surface area contributed by atoms with E-state index in [1.165, 1.54) is 22.7 Å². The van der Waals surface area contributed by atoms with Crippen LogP contribution in [0.3, 0.4) is 0 Å². The maximum atomic E-state index is 10.9. The SMILES string of the molecule is Nc1nc2c(s1)CN(c1sccc1[N+](=O)[O-])CC2. The van der Waals surface area contributed by atoms with Gasteiger partial charge in [0.2, 0.25) is 0 Å². The molecule has 1 aliphatic heterocycles. The zero-order chi connectivity index (χ0) is 12.7. The van der Waals surface area contributed by atoms with E-state index in [-0.39, 0.29) is 10.6 Å². The van der Waals surface area contributed by atoms with Crippen LogP contribution in [-0.2, 0) is 13.0 Å². The third-order valence-electron chi connectivity index (χ3n) is 2.86. The first-order chi connectivity index (χ1) is 8.65. The fourth-order valence-corrected chi connectivity index (χ4v) is 3.85. The molecule has 2 N–H and O–H groups in total. The van der Waals surface area contributed by atoms with Crippen molar-refractivity contribution in [3.8, 4) is 0 Å². The van der Waals surface area contributed by atoms with Gasteiger partial charge < -0.3 is 10.6 Å². The van der Waals surface area contributed by atoms with Gasteiger partial charge in [-0.2, -0.15) is 0 Å². The van der Waals surface area contributed by atoms with Crippen molar-refractivity contribution >= 4 is 38.5 Å². The van der Waals surface area contributed by atoms with Crippen LogP contribution in [0.4, 0.5) is 15.8 Å². The van der Waals surface area contributed by atoms with Crippen LogP contribution in [0, 0.1) is 10.1 Å². The van der Waals surface area contributed by atoms with E-state index < -0.39 is 0 Å². The summed E-state index contributed by atoms with van der Waals surface area (Å²) in [6.45, 7) is 1.41. The number of nitrogens with two attached hydrogens (primary N) is 1. The van der Waals surface area contributed by atoms with Crippen molar-refractivity contribution in [2.75, 3.05) is 17.2 Å². The summed E-state index contributed by atoms with van der Waals surface area (Å²) in [6, 6.07) is 1.55. The lowest BCUT2D eigenvalue weighted by Gasteiger charge is -2.25. The monoisotopic (exact) mass is 282 g/mol. The number of thiazole rings is 1. The minimum Gasteiger partial charge on any atom is -0.375 e. The molecule has 8 heteroatoms. The molecule has 3 heterocycles. The van der Waals surface area contributed by atoms with E-state index in [9.17, 15) is 10.1 Å². The van der Waals surface area contributed by atoms with Crippen LogP contribution in [-0.4, -0.2) is 16.5 Å². The molecule has 0 aliphatic carbocycles. The molecule has 0 radical (unpaired) electrons. The topological polar surface area (TPSA) is 85.3 Å². The molecule has 0 spiro atoms. The molecule has 0 amide bonds. The van der Waals surface area contributed by atoms with Gasteiger partial charge in [-0.3, -0.25) is 10.1 Å². The molecular weight excluding hydrogens is 272 g/mol. The van der Waals surface area contributed by atoms with Gasteiger partial charge in [-0.25, -0.2) is 4.98 Å². The fourth-order valence-electron chi connectivity index (χ4n) is 2.06. The van der Waals surface area contributed by atoms with Crippen molar-refractivity contribution in [3.05, 3.63) is 32.1 Å². The standard InChI is InChI=1S/C10H10N4O2S2/c11-10-12-6-1-3-13(5-8(6)18-10)9-7(14(15)16)2-4-17-9/h2,4H,1,3,5H2,(H2,11,12). The van der Waals surface area contributed by atoms with E-state index in [4.69, 9.17) is 5.73 Å². The zero-order valence-corrected chi connectivity index (χ0v) is 11.0. The Bertz CT molecular complexity index is 607. The fraction of sp³-hybridized carbons (Fsp3) is 0.300. The highest BCUT2D eigenvalue weighted by Gasteiger charge is 2.26. The molecule has 1 aliphatic rings. The van der Waals surface area contributed by atoms with Gasteiger partial charge in [0.15, 0.2) is 10.1 Å². The molecule has 0 fully saturated rings. The first kappa shape index (κ1) is 11.4. The lowest BCUT2D eigenvalue weighted by Crippen LogP contribution is -2.29. The van der Waals surface area contributed by atoms with Gasteiger partial charge in [-0.05, 0) is 5.38 Å². The molecule has 0 aromatic carbocycles. The number of hydrogen-bond donors (Lipinski definition) is 1. The van der Waals surface area contributed by atoms with Crippen LogP contribution >= 0.6 is 22.7 Å². The normalized spacial score (nSPS) is 14.6. The highest BCUT2D eigenvalue weighted by Crippen LogP contribution is 2.38. The molecule has 3 rings (SSSR count). The van der Waals surface area contributed by atoms with E-state index in [0.29, 0.717) is 11.7 Å². The third kappa shape index (κ3) is 1.83. The quantitative estimate of drug-likeness (QED) is 0.674. The van der Waals surface area contributed by atoms with Crippen LogP contribution in [0.1, 0.15) is 10.6 Å². The Balaban J connectivity index is 1.91. The summed E-state index contributed by atoms with van der Waals surface area (Å²) in [5.74, 6) is 0. The number of aromatic nitrogens is 1. The van der Waals surface area contributed by atoms with E-state index in [2.05, 4.69) is 4.98 Å². The van der Waals surface area contributed by atoms with Gasteiger partial charge in [-0.15, -0.1) is 22.7 Å². The summed E-state index contributed by atoms with van der Waals surface area (Å²) < 4.78 is 0. The minimum absolute atomic E-state index is 0.181. The lowest BCUT2D eigenvalue weighted by atomic mass is 10.2. The van der Waals surface area contributed by atoms with Crippen LogP contribution in [0.15, 0.2) is 11.4 Å². The van der Waals surface area contributed by atoms with Crippen molar-refractivity contribution in [2.45, 2.75) is 13.0 Å². The van der Waals surface area contributed by atoms with Crippen LogP contribution in [0.5, 0.6) is 0 Å². The zero-order valence-electron chi connectivity index (χ0n) is 9.33. The average molecular weight is 282 g/mol. The Kier molecular flexibility index (Phi) is 2.67. The van der Waals surface area contributed by atoms with E-state index >= 15 is 0 Å². The lowest BCUT2D eigenvalue weighted by molar-refractivity contribution is -0.383. The summed E-state index contributed by atoms with van der Waals surface area (Å²) >= 11 is 2.87. The largest absolute Gasteiger partial charge is 0.375 e. The maximum Gasteiger partial charge on any atom is 0.303 e. The summed E-state index contributed by atoms with van der Waals surface area (Å²) in [5.41, 5.74) is 6.90. The number of thiophene rings is 1. The van der Waals surface area contributed by atoms with Crippen molar-refractivity contribution in [1.82, 2.24) is 4.98 Å². The second-order valence-corrected chi connectivity index (χ2v) is 5.97. The van der Waals surface area contributed by atoms with Gasteiger partial charge >= 0.3 is 5.69 Å². The van der Waals surface area contributed by atoms with Crippen molar-refractivity contribution in [1.29, 1.82) is 0 Å². The number of hydrogen-bond acceptors (Lipinski definition) is 7. The molecule has 0 unspecified atom stereocenters. The number of nitrogens with zero attached hydrogens (tertiary/aromatic N) is 3. The van der Waals surface area contributed by atoms with Crippen molar-refractivity contribution < 1.29 is 4.92 Å². The Labute approximate surface area is 111 Å². The smallest absolute Gasteiger partial charge is 0.303 e. The summed E-state index contributed by atoms with van der Waals surface area (Å²) in [7, 11) is 0. The van der Waals surface area contributed by atoms with E-state index in [1.807, 2.05) is 4.90 Å². The predicted molar refractivity (Wildman–Crippen MR) is 72.3 cm³/mol. The van der Waals surface area contributed by atoms with Crippen molar-refractivity contribution in [3.63, 3.8) is 0 Å². The molecule has 2 aromatic heterocycles. The summed E-state index contributed by atoms with van der Waals surface area (Å²) in [6.07, 6.45) is 0.790. The van der Waals surface area contributed by atoms with Crippen LogP contribution in [0.2, 0.25) is 0 Å². The van der Waals surface area contributed by atoms with Crippen molar-refractivity contribution in [2.24, 2.45) is 0 Å². The number of nitrogen functional groups attached to an aromatic ring is 1. The van der Waals surface area contributed by atoms with Gasteiger partial charge in [0, 0.05) is 23.9 Å². The second-order valence-electron chi connectivity index (χ2n) is 3.96. The molecular formula is C10H10N4O2S2. The van der Waals surface area contributed by atoms with E-state index in [0.717, 1.165) is 28.5 Å². The average Bonchev–Trinajstić information content (AvgIpc) is 2.91. The molecule has 0 saturated carbocycles.